The fourth-order valence-electron chi connectivity index (χ4n) is 3.87. The first kappa shape index (κ1) is 25.6. The molecule has 0 saturated heterocycles. The van der Waals surface area contributed by atoms with E-state index in [1.54, 1.807) is 67.8 Å². The zero-order valence-electron chi connectivity index (χ0n) is 19.4. The molecule has 4 rings (SSSR count). The number of allylic oxidation sites excluding steroid dienone is 1. The van der Waals surface area contributed by atoms with Crippen LogP contribution in [-0.4, -0.2) is 34.3 Å². The van der Waals surface area contributed by atoms with Crippen LogP contribution < -0.4 is 19.6 Å². The number of hydrogen-bond acceptors (Lipinski definition) is 9. The zero-order chi connectivity index (χ0) is 26.1. The minimum Gasteiger partial charge on any atom is -0.501 e. The predicted octanol–water partition coefficient (Wildman–Crippen LogP) is 3.03. The van der Waals surface area contributed by atoms with Gasteiger partial charge in [-0.1, -0.05) is 23.5 Å². The van der Waals surface area contributed by atoms with Crippen LogP contribution in [-0.2, 0) is 9.53 Å². The third-order valence-corrected chi connectivity index (χ3v) is 7.31. The fraction of sp³-hybridized carbons (Fsp3) is 0.208. The van der Waals surface area contributed by atoms with E-state index in [-0.39, 0.29) is 20.3 Å². The highest BCUT2D eigenvalue weighted by Crippen LogP contribution is 2.33. The Labute approximate surface area is 222 Å². The van der Waals surface area contributed by atoms with E-state index in [4.69, 9.17) is 9.47 Å². The van der Waals surface area contributed by atoms with Crippen LogP contribution >= 0.6 is 33.9 Å². The van der Waals surface area contributed by atoms with E-state index in [1.165, 1.54) is 22.8 Å². The van der Waals surface area contributed by atoms with Crippen LogP contribution in [0.25, 0.3) is 6.08 Å². The number of ether oxygens (including phenoxy) is 2. The van der Waals surface area contributed by atoms with Crippen molar-refractivity contribution in [3.05, 3.63) is 92.2 Å². The van der Waals surface area contributed by atoms with Crippen molar-refractivity contribution in [3.63, 3.8) is 0 Å². The summed E-state index contributed by atoms with van der Waals surface area (Å²) < 4.78 is 12.5. The monoisotopic (exact) mass is 621 g/mol. The van der Waals surface area contributed by atoms with Gasteiger partial charge in [0.2, 0.25) is 5.75 Å². The summed E-state index contributed by atoms with van der Waals surface area (Å²) in [6.45, 7) is 3.54. The number of carbonyl (C=O) groups is 1. The van der Waals surface area contributed by atoms with E-state index in [0.717, 1.165) is 11.3 Å². The number of hydrogen-bond donors (Lipinski definition) is 1. The molecular weight excluding hydrogens is 601 g/mol. The average molecular weight is 621 g/mol. The number of thiazole rings is 1. The topological polar surface area (TPSA) is 133 Å². The summed E-state index contributed by atoms with van der Waals surface area (Å²) in [5, 5.41) is 21.3. The molecule has 0 aliphatic carbocycles. The Morgan fingerprint density at radius 1 is 1.33 bits per heavy atom. The smallest absolute Gasteiger partial charge is 0.338 e. The van der Waals surface area contributed by atoms with Crippen molar-refractivity contribution in [3.8, 4) is 11.5 Å². The minimum atomic E-state index is -0.789. The first-order chi connectivity index (χ1) is 17.2. The molecule has 2 heterocycles. The van der Waals surface area contributed by atoms with Crippen molar-refractivity contribution in [2.24, 2.45) is 4.99 Å². The lowest BCUT2D eigenvalue weighted by Gasteiger charge is -2.24. The molecule has 0 spiro atoms. The summed E-state index contributed by atoms with van der Waals surface area (Å²) in [7, 11) is 1.54. The Morgan fingerprint density at radius 3 is 2.64 bits per heavy atom. The Balaban J connectivity index is 1.95. The molecule has 0 fully saturated rings. The van der Waals surface area contributed by atoms with Gasteiger partial charge in [0, 0.05) is 6.07 Å². The maximum atomic E-state index is 13.6. The molecular formula is C24H20IN3O7S. The number of carbonyl (C=O) groups excluding carboxylic acids is 1. The Hall–Kier alpha value is -3.52. The van der Waals surface area contributed by atoms with Crippen molar-refractivity contribution in [2.45, 2.75) is 19.9 Å². The average Bonchev–Trinajstić information content (AvgIpc) is 3.14. The minimum absolute atomic E-state index is 0.160. The van der Waals surface area contributed by atoms with Gasteiger partial charge in [0.05, 0.1) is 44.1 Å². The van der Waals surface area contributed by atoms with Gasteiger partial charge >= 0.3 is 11.7 Å². The van der Waals surface area contributed by atoms with Gasteiger partial charge in [-0.15, -0.1) is 0 Å². The number of rotatable bonds is 6. The molecule has 0 radical (unpaired) electrons. The Morgan fingerprint density at radius 2 is 2.03 bits per heavy atom. The van der Waals surface area contributed by atoms with E-state index >= 15 is 0 Å². The van der Waals surface area contributed by atoms with Crippen molar-refractivity contribution in [1.82, 2.24) is 4.57 Å². The van der Waals surface area contributed by atoms with Crippen molar-refractivity contribution < 1.29 is 24.3 Å². The Kier molecular flexibility index (Phi) is 7.26. The first-order valence-electron chi connectivity index (χ1n) is 10.7. The lowest BCUT2D eigenvalue weighted by atomic mass is 9.96. The van der Waals surface area contributed by atoms with Crippen LogP contribution in [0.3, 0.4) is 0 Å². The normalized spacial score (nSPS) is 15.3. The molecule has 186 valence electrons. The molecule has 3 aromatic rings. The summed E-state index contributed by atoms with van der Waals surface area (Å²) in [6.07, 6.45) is 1.51. The standard InChI is InChI=1S/C24H20IN3O7S/c1-4-35-23(31)19-12(2)26-24-27(20(19)14-5-7-15(34-3)8-6-14)22(30)18(36-24)11-13-9-16(25)21(29)17(10-13)28(32)33/h5-11,20,29H,4H2,1-3H3/b18-11-/t20-/m1/s1. The molecule has 36 heavy (non-hydrogen) atoms. The van der Waals surface area contributed by atoms with E-state index in [2.05, 4.69) is 4.99 Å². The zero-order valence-corrected chi connectivity index (χ0v) is 22.3. The van der Waals surface area contributed by atoms with Gasteiger partial charge < -0.3 is 14.6 Å². The number of nitrogens with zero attached hydrogens (tertiary/aromatic N) is 3. The number of esters is 1. The lowest BCUT2D eigenvalue weighted by Crippen LogP contribution is -2.39. The number of fused-ring (bicyclic) bond motifs is 1. The summed E-state index contributed by atoms with van der Waals surface area (Å²) in [6, 6.07) is 8.96. The third-order valence-electron chi connectivity index (χ3n) is 5.51. The molecule has 2 aromatic carbocycles. The molecule has 12 heteroatoms. The third kappa shape index (κ3) is 4.65. The fourth-order valence-corrected chi connectivity index (χ4v) is 5.55. The van der Waals surface area contributed by atoms with E-state index < -0.39 is 33.9 Å². The van der Waals surface area contributed by atoms with Gasteiger partial charge in [0.15, 0.2) is 4.80 Å². The Bertz CT molecular complexity index is 1590. The number of aromatic hydroxyl groups is 1. The lowest BCUT2D eigenvalue weighted by molar-refractivity contribution is -0.386. The largest absolute Gasteiger partial charge is 0.501 e. The molecule has 0 unspecified atom stereocenters. The van der Waals surface area contributed by atoms with Gasteiger partial charge in [-0.25, -0.2) is 9.79 Å². The maximum absolute atomic E-state index is 13.6. The highest BCUT2D eigenvalue weighted by atomic mass is 127. The summed E-state index contributed by atoms with van der Waals surface area (Å²) in [5.74, 6) is -0.390. The predicted molar refractivity (Wildman–Crippen MR) is 141 cm³/mol. The number of benzene rings is 2. The van der Waals surface area contributed by atoms with Crippen LogP contribution in [0.15, 0.2) is 57.5 Å². The van der Waals surface area contributed by atoms with Gasteiger partial charge in [-0.05, 0) is 71.8 Å². The second kappa shape index (κ2) is 10.2. The number of nitro groups is 1. The van der Waals surface area contributed by atoms with Crippen LogP contribution in [0.2, 0.25) is 0 Å². The quantitative estimate of drug-likeness (QED) is 0.194. The maximum Gasteiger partial charge on any atom is 0.338 e. The molecule has 1 aliphatic heterocycles. The van der Waals surface area contributed by atoms with Crippen LogP contribution in [0.4, 0.5) is 5.69 Å². The van der Waals surface area contributed by atoms with Gasteiger partial charge in [-0.3, -0.25) is 19.5 Å². The number of aromatic nitrogens is 1. The van der Waals surface area contributed by atoms with Crippen LogP contribution in [0, 0.1) is 13.7 Å². The second-order valence-electron chi connectivity index (χ2n) is 7.70. The molecule has 0 saturated carbocycles. The highest BCUT2D eigenvalue weighted by molar-refractivity contribution is 14.1. The second-order valence-corrected chi connectivity index (χ2v) is 9.87. The number of nitro benzene ring substituents is 1. The number of phenols is 1. The SMILES string of the molecule is CCOC(=O)C1=C(C)N=c2s/c(=C\c3cc(I)c(O)c([N+](=O)[O-])c3)c(=O)n2[C@@H]1c1ccc(OC)cc1. The first-order valence-corrected chi connectivity index (χ1v) is 12.6. The van der Waals surface area contributed by atoms with Gasteiger partial charge in [-0.2, -0.15) is 0 Å². The molecule has 1 aliphatic rings. The summed E-state index contributed by atoms with van der Waals surface area (Å²) >= 11 is 2.89. The molecule has 1 N–H and O–H groups in total. The highest BCUT2D eigenvalue weighted by Gasteiger charge is 2.33. The number of phenolic OH excluding ortho intramolecular Hbond substituents is 1. The van der Waals surface area contributed by atoms with Crippen molar-refractivity contribution in [2.75, 3.05) is 13.7 Å². The van der Waals surface area contributed by atoms with Crippen molar-refractivity contribution >= 4 is 51.7 Å². The summed E-state index contributed by atoms with van der Waals surface area (Å²) in [4.78, 5) is 42.1. The van der Waals surface area contributed by atoms with E-state index in [0.29, 0.717) is 27.4 Å². The molecule has 1 aromatic heterocycles. The van der Waals surface area contributed by atoms with Gasteiger partial charge in [0.25, 0.3) is 5.56 Å². The van der Waals surface area contributed by atoms with Gasteiger partial charge in [0.1, 0.15) is 5.75 Å². The van der Waals surface area contributed by atoms with Crippen LogP contribution in [0.5, 0.6) is 11.5 Å². The van der Waals surface area contributed by atoms with Crippen molar-refractivity contribution in [1.29, 1.82) is 0 Å². The molecule has 0 bridgehead atoms. The van der Waals surface area contributed by atoms with Crippen LogP contribution in [0.1, 0.15) is 31.0 Å². The number of methoxy groups -OCH3 is 1. The van der Waals surface area contributed by atoms with E-state index in [9.17, 15) is 24.8 Å². The molecule has 0 amide bonds. The summed E-state index contributed by atoms with van der Waals surface area (Å²) in [5.41, 5.74) is 0.830. The van der Waals surface area contributed by atoms with E-state index in [1.807, 2.05) is 0 Å². The molecule has 1 atom stereocenters. The number of halogens is 1. The molecule has 10 nitrogen and oxygen atoms in total.